The Labute approximate surface area is 388 Å². The normalized spacial score (nSPS) is 11.7. The molecule has 15 nitrogen and oxygen atoms in total. The standard InChI is InChI=1S/C51H53FN8O7/c1-5-64-48(61)44-31-57-60-45(44)53-30-43(39-24-16-9-17-25-39)47(60)59(58(32-36-18-10-6-11-19-36)33-37-20-12-7-13-21-37)34-40-26-41(52)27-54-46(40)66-42(29-56-50(63)67-51(2,3)4)28-55-49(62)65-35-38-22-14-8-15-23-38/h6-27,30-31,42H,5,28-29,32-35H2,1-4H3,(H,55,62)(H,56,63). The van der Waals surface area contributed by atoms with Crippen LogP contribution in [-0.4, -0.2) is 74.1 Å². The number of rotatable bonds is 19. The Balaban J connectivity index is 1.33. The molecule has 1 unspecified atom stereocenters. The third-order valence-electron chi connectivity index (χ3n) is 10.1. The second-order valence-electron chi connectivity index (χ2n) is 16.4. The molecule has 0 fully saturated rings. The highest BCUT2D eigenvalue weighted by molar-refractivity contribution is 5.96. The van der Waals surface area contributed by atoms with Gasteiger partial charge < -0.3 is 29.6 Å². The lowest BCUT2D eigenvalue weighted by Crippen LogP contribution is -2.45. The molecule has 4 aromatic carbocycles. The molecule has 0 radical (unpaired) electrons. The van der Waals surface area contributed by atoms with Crippen molar-refractivity contribution in [3.63, 3.8) is 0 Å². The van der Waals surface area contributed by atoms with Gasteiger partial charge in [0.2, 0.25) is 5.88 Å². The third kappa shape index (κ3) is 13.1. The minimum atomic E-state index is -0.961. The molecule has 7 aromatic rings. The summed E-state index contributed by atoms with van der Waals surface area (Å²) in [6.07, 6.45) is 1.75. The Morgan fingerprint density at radius 2 is 1.30 bits per heavy atom. The van der Waals surface area contributed by atoms with Crippen molar-refractivity contribution in [1.29, 1.82) is 0 Å². The average molecular weight is 909 g/mol. The van der Waals surface area contributed by atoms with Gasteiger partial charge in [-0.1, -0.05) is 121 Å². The first-order valence-electron chi connectivity index (χ1n) is 21.9. The number of benzene rings is 4. The molecule has 67 heavy (non-hydrogen) atoms. The Bertz CT molecular complexity index is 2680. The highest BCUT2D eigenvalue weighted by Gasteiger charge is 2.30. The SMILES string of the molecule is CCOC(=O)c1cnn2c(N(Cc3cc(F)cnc3OC(CNC(=O)OCc3ccccc3)CNC(=O)OC(C)(C)C)N(Cc3ccccc3)Cc3ccccc3)c(-c3ccccc3)cnc12. The number of nitrogens with zero attached hydrogens (tertiary/aromatic N) is 6. The maximum Gasteiger partial charge on any atom is 0.407 e. The summed E-state index contributed by atoms with van der Waals surface area (Å²) in [5.74, 6) is -0.730. The first kappa shape index (κ1) is 47.1. The molecule has 0 aliphatic carbocycles. The Morgan fingerprint density at radius 1 is 0.716 bits per heavy atom. The van der Waals surface area contributed by atoms with Crippen molar-refractivity contribution in [3.05, 3.63) is 180 Å². The molecule has 0 aliphatic rings. The van der Waals surface area contributed by atoms with Crippen LogP contribution in [0.1, 0.15) is 60.3 Å². The lowest BCUT2D eigenvalue weighted by Gasteiger charge is -2.38. The van der Waals surface area contributed by atoms with E-state index >= 15 is 4.39 Å². The van der Waals surface area contributed by atoms with E-state index in [1.807, 2.05) is 126 Å². The molecule has 0 spiro atoms. The summed E-state index contributed by atoms with van der Waals surface area (Å²) in [4.78, 5) is 48.5. The van der Waals surface area contributed by atoms with Crippen LogP contribution in [0.2, 0.25) is 0 Å². The number of hydrogen-bond donors (Lipinski definition) is 2. The number of fused-ring (bicyclic) bond motifs is 1. The fourth-order valence-electron chi connectivity index (χ4n) is 7.11. The van der Waals surface area contributed by atoms with E-state index < -0.39 is 35.7 Å². The fourth-order valence-corrected chi connectivity index (χ4v) is 7.11. The lowest BCUT2D eigenvalue weighted by atomic mass is 10.1. The predicted molar refractivity (Wildman–Crippen MR) is 250 cm³/mol. The average Bonchev–Trinajstić information content (AvgIpc) is 3.77. The van der Waals surface area contributed by atoms with Gasteiger partial charge in [0.25, 0.3) is 0 Å². The lowest BCUT2D eigenvalue weighted by molar-refractivity contribution is 0.0496. The smallest absolute Gasteiger partial charge is 0.407 e. The number of pyridine rings is 1. The fraction of sp³-hybridized carbons (Fsp3) is 0.255. The van der Waals surface area contributed by atoms with E-state index in [1.54, 1.807) is 38.4 Å². The quantitative estimate of drug-likeness (QED) is 0.0451. The number of carbonyl (C=O) groups is 3. The Kier molecular flexibility index (Phi) is 15.7. The molecule has 0 aliphatic heterocycles. The van der Waals surface area contributed by atoms with Crippen molar-refractivity contribution < 1.29 is 37.7 Å². The molecule has 3 heterocycles. The molecule has 0 bridgehead atoms. The summed E-state index contributed by atoms with van der Waals surface area (Å²) < 4.78 is 40.2. The van der Waals surface area contributed by atoms with Crippen molar-refractivity contribution in [2.24, 2.45) is 0 Å². The number of esters is 1. The van der Waals surface area contributed by atoms with Crippen LogP contribution in [0.4, 0.5) is 19.8 Å². The number of hydrazine groups is 1. The summed E-state index contributed by atoms with van der Waals surface area (Å²) >= 11 is 0. The minimum Gasteiger partial charge on any atom is -0.470 e. The summed E-state index contributed by atoms with van der Waals surface area (Å²) in [5.41, 5.74) is 4.07. The van der Waals surface area contributed by atoms with Gasteiger partial charge in [-0.15, -0.1) is 0 Å². The van der Waals surface area contributed by atoms with E-state index in [0.29, 0.717) is 30.0 Å². The number of nitrogens with one attached hydrogen (secondary N) is 2. The molecule has 0 saturated heterocycles. The van der Waals surface area contributed by atoms with E-state index in [0.717, 1.165) is 28.5 Å². The van der Waals surface area contributed by atoms with Crippen LogP contribution in [0.5, 0.6) is 5.88 Å². The zero-order valence-electron chi connectivity index (χ0n) is 37.8. The second kappa shape index (κ2) is 22.4. The maximum absolute atomic E-state index is 15.7. The van der Waals surface area contributed by atoms with Gasteiger partial charge >= 0.3 is 18.2 Å². The van der Waals surface area contributed by atoms with Crippen molar-refractivity contribution >= 4 is 29.6 Å². The highest BCUT2D eigenvalue weighted by atomic mass is 19.1. The van der Waals surface area contributed by atoms with Gasteiger partial charge in [0, 0.05) is 30.4 Å². The topological polar surface area (TPSA) is 162 Å². The van der Waals surface area contributed by atoms with Gasteiger partial charge in [0.05, 0.1) is 38.6 Å². The molecule has 0 saturated carbocycles. The molecule has 3 aromatic heterocycles. The van der Waals surface area contributed by atoms with Crippen LogP contribution in [-0.2, 0) is 40.5 Å². The van der Waals surface area contributed by atoms with Crippen molar-refractivity contribution in [2.45, 2.75) is 65.6 Å². The number of carbonyl (C=O) groups excluding carboxylic acids is 3. The van der Waals surface area contributed by atoms with Crippen molar-refractivity contribution in [1.82, 2.24) is 35.2 Å². The number of aromatic nitrogens is 4. The van der Waals surface area contributed by atoms with Gasteiger partial charge in [0.15, 0.2) is 11.5 Å². The molecule has 16 heteroatoms. The summed E-state index contributed by atoms with van der Waals surface area (Å²) in [6, 6.07) is 39.9. The van der Waals surface area contributed by atoms with E-state index in [2.05, 4.69) is 20.6 Å². The molecule has 7 rings (SSSR count). The zero-order valence-corrected chi connectivity index (χ0v) is 37.8. The minimum absolute atomic E-state index is 0.0143. The first-order valence-corrected chi connectivity index (χ1v) is 21.9. The number of halogens is 1. The van der Waals surface area contributed by atoms with Crippen LogP contribution < -0.4 is 20.4 Å². The van der Waals surface area contributed by atoms with Gasteiger partial charge in [-0.25, -0.2) is 33.8 Å². The Morgan fingerprint density at radius 3 is 1.90 bits per heavy atom. The van der Waals surface area contributed by atoms with Gasteiger partial charge in [-0.2, -0.15) is 9.61 Å². The number of alkyl carbamates (subject to hydrolysis) is 2. The number of hydrogen-bond acceptors (Lipinski definition) is 12. The van der Waals surface area contributed by atoms with Gasteiger partial charge in [-0.3, -0.25) is 5.01 Å². The summed E-state index contributed by atoms with van der Waals surface area (Å²) in [5, 5.41) is 14.3. The molecule has 2 amide bonds. The van der Waals surface area contributed by atoms with Crippen LogP contribution >= 0.6 is 0 Å². The Hall–Kier alpha value is -7.85. The van der Waals surface area contributed by atoms with Crippen molar-refractivity contribution in [3.8, 4) is 17.0 Å². The molecular weight excluding hydrogens is 856 g/mol. The first-order chi connectivity index (χ1) is 32.4. The van der Waals surface area contributed by atoms with Crippen molar-refractivity contribution in [2.75, 3.05) is 24.7 Å². The molecule has 346 valence electrons. The van der Waals surface area contributed by atoms with Gasteiger partial charge in [-0.05, 0) is 56.0 Å². The zero-order chi connectivity index (χ0) is 47.2. The maximum atomic E-state index is 15.7. The number of anilines is 1. The van der Waals surface area contributed by atoms with E-state index in [9.17, 15) is 14.4 Å². The summed E-state index contributed by atoms with van der Waals surface area (Å²) in [6.45, 7) is 7.47. The van der Waals surface area contributed by atoms with E-state index in [-0.39, 0.29) is 49.9 Å². The summed E-state index contributed by atoms with van der Waals surface area (Å²) in [7, 11) is 0. The monoisotopic (exact) mass is 908 g/mol. The van der Waals surface area contributed by atoms with Crippen LogP contribution in [0, 0.1) is 5.82 Å². The predicted octanol–water partition coefficient (Wildman–Crippen LogP) is 8.93. The highest BCUT2D eigenvalue weighted by Crippen LogP contribution is 2.36. The van der Waals surface area contributed by atoms with Gasteiger partial charge in [0.1, 0.15) is 29.7 Å². The largest absolute Gasteiger partial charge is 0.470 e. The second-order valence-corrected chi connectivity index (χ2v) is 16.4. The van der Waals surface area contributed by atoms with Crippen LogP contribution in [0.3, 0.4) is 0 Å². The van der Waals surface area contributed by atoms with E-state index in [4.69, 9.17) is 29.0 Å². The van der Waals surface area contributed by atoms with Crippen LogP contribution in [0.15, 0.2) is 146 Å². The number of ether oxygens (including phenoxy) is 4. The molecule has 2 N–H and O–H groups in total. The third-order valence-corrected chi connectivity index (χ3v) is 10.1. The molecule has 1 atom stereocenters. The number of amides is 2. The van der Waals surface area contributed by atoms with E-state index in [1.165, 1.54) is 12.3 Å². The molecular formula is C51H53FN8O7. The van der Waals surface area contributed by atoms with Crippen LogP contribution in [0.25, 0.3) is 16.8 Å².